The lowest BCUT2D eigenvalue weighted by Crippen LogP contribution is -2.03. The largest absolute Gasteiger partial charge is 0.278 e. The van der Waals surface area contributed by atoms with E-state index in [1.807, 2.05) is 36.4 Å². The second-order valence-electron chi connectivity index (χ2n) is 4.25. The molecule has 0 fully saturated rings. The molecule has 0 radical (unpaired) electrons. The average Bonchev–Trinajstić information content (AvgIpc) is 2.52. The van der Waals surface area contributed by atoms with Crippen molar-refractivity contribution in [3.8, 4) is 6.07 Å². The molecule has 2 aromatic rings. The molecule has 0 aliphatic heterocycles. The number of hydrogen-bond donors (Lipinski definition) is 1. The van der Waals surface area contributed by atoms with E-state index in [0.29, 0.717) is 17.8 Å². The average molecular weight is 280 g/mol. The summed E-state index contributed by atoms with van der Waals surface area (Å²) in [4.78, 5) is 10.1. The standard InChI is InChI=1S/C15H12N4O2/c16-11-14(10-12-4-2-1-3-5-12)18-17-13-6-8-15(9-7-13)19(20)21/h1-9,17H,10H2. The second kappa shape index (κ2) is 6.82. The Morgan fingerprint density at radius 2 is 1.86 bits per heavy atom. The number of anilines is 1. The van der Waals surface area contributed by atoms with Crippen LogP contribution in [0.2, 0.25) is 0 Å². The van der Waals surface area contributed by atoms with E-state index in [1.54, 1.807) is 12.1 Å². The smallest absolute Gasteiger partial charge is 0.269 e. The number of non-ortho nitro benzene ring substituents is 1. The third kappa shape index (κ3) is 4.14. The van der Waals surface area contributed by atoms with Gasteiger partial charge in [0, 0.05) is 18.6 Å². The summed E-state index contributed by atoms with van der Waals surface area (Å²) in [7, 11) is 0. The molecule has 6 heteroatoms. The van der Waals surface area contributed by atoms with E-state index >= 15 is 0 Å². The van der Waals surface area contributed by atoms with Crippen LogP contribution in [0.15, 0.2) is 59.7 Å². The predicted molar refractivity (Wildman–Crippen MR) is 79.9 cm³/mol. The molecular weight excluding hydrogens is 268 g/mol. The minimum atomic E-state index is -0.469. The first-order valence-electron chi connectivity index (χ1n) is 6.20. The summed E-state index contributed by atoms with van der Waals surface area (Å²) in [5.41, 5.74) is 4.64. The second-order valence-corrected chi connectivity index (χ2v) is 4.25. The van der Waals surface area contributed by atoms with Gasteiger partial charge in [-0.1, -0.05) is 30.3 Å². The van der Waals surface area contributed by atoms with Crippen LogP contribution in [0.4, 0.5) is 11.4 Å². The van der Waals surface area contributed by atoms with Crippen LogP contribution in [-0.2, 0) is 6.42 Å². The van der Waals surface area contributed by atoms with Crippen LogP contribution in [0.5, 0.6) is 0 Å². The van der Waals surface area contributed by atoms with Gasteiger partial charge < -0.3 is 0 Å². The number of nitrogens with one attached hydrogen (secondary N) is 1. The highest BCUT2D eigenvalue weighted by molar-refractivity contribution is 6.00. The maximum atomic E-state index is 10.5. The third-order valence-corrected chi connectivity index (χ3v) is 2.74. The molecule has 6 nitrogen and oxygen atoms in total. The summed E-state index contributed by atoms with van der Waals surface area (Å²) in [6, 6.07) is 17.4. The number of nitro benzene ring substituents is 1. The van der Waals surface area contributed by atoms with Gasteiger partial charge >= 0.3 is 0 Å². The van der Waals surface area contributed by atoms with Gasteiger partial charge in [-0.25, -0.2) is 0 Å². The molecule has 0 aliphatic rings. The van der Waals surface area contributed by atoms with Gasteiger partial charge in [0.1, 0.15) is 11.8 Å². The molecule has 0 heterocycles. The normalized spacial score (nSPS) is 10.7. The summed E-state index contributed by atoms with van der Waals surface area (Å²) in [6.07, 6.45) is 0.428. The Kier molecular flexibility index (Phi) is 4.62. The van der Waals surface area contributed by atoms with Crippen molar-refractivity contribution in [3.05, 3.63) is 70.3 Å². The molecule has 0 aromatic heterocycles. The van der Waals surface area contributed by atoms with Crippen molar-refractivity contribution in [3.63, 3.8) is 0 Å². The van der Waals surface area contributed by atoms with Gasteiger partial charge in [0.15, 0.2) is 0 Å². The highest BCUT2D eigenvalue weighted by Crippen LogP contribution is 2.15. The predicted octanol–water partition coefficient (Wildman–Crippen LogP) is 3.13. The van der Waals surface area contributed by atoms with Gasteiger partial charge in [0.25, 0.3) is 5.69 Å². The van der Waals surface area contributed by atoms with E-state index in [1.165, 1.54) is 12.1 Å². The topological polar surface area (TPSA) is 91.3 Å². The minimum Gasteiger partial charge on any atom is -0.278 e. The zero-order valence-corrected chi connectivity index (χ0v) is 11.1. The van der Waals surface area contributed by atoms with Gasteiger partial charge in [-0.15, -0.1) is 0 Å². The summed E-state index contributed by atoms with van der Waals surface area (Å²) in [6.45, 7) is 0. The minimum absolute atomic E-state index is 0.00863. The van der Waals surface area contributed by atoms with Gasteiger partial charge in [-0.2, -0.15) is 10.4 Å². The fourth-order valence-corrected chi connectivity index (χ4v) is 1.68. The molecule has 0 saturated heterocycles. The Hall–Kier alpha value is -3.20. The third-order valence-electron chi connectivity index (χ3n) is 2.74. The SMILES string of the molecule is N#CC(Cc1ccccc1)=NNc1ccc([N+](=O)[O-])cc1. The summed E-state index contributed by atoms with van der Waals surface area (Å²) in [5.74, 6) is 0. The summed E-state index contributed by atoms with van der Waals surface area (Å²) >= 11 is 0. The Bertz CT molecular complexity index is 688. The van der Waals surface area contributed by atoms with Gasteiger partial charge in [-0.05, 0) is 17.7 Å². The number of hydrogen-bond acceptors (Lipinski definition) is 5. The Morgan fingerprint density at radius 1 is 1.19 bits per heavy atom. The van der Waals surface area contributed by atoms with Crippen LogP contribution >= 0.6 is 0 Å². The van der Waals surface area contributed by atoms with Crippen LogP contribution in [0.3, 0.4) is 0 Å². The molecule has 0 aliphatic carbocycles. The number of nitriles is 1. The molecule has 0 atom stereocenters. The molecule has 0 bridgehead atoms. The number of rotatable bonds is 5. The molecular formula is C15H12N4O2. The van der Waals surface area contributed by atoms with Crippen LogP contribution in [0.25, 0.3) is 0 Å². The molecule has 104 valence electrons. The number of nitro groups is 1. The molecule has 1 N–H and O–H groups in total. The number of benzene rings is 2. The first kappa shape index (κ1) is 14.2. The van der Waals surface area contributed by atoms with E-state index in [0.717, 1.165) is 5.56 Å². The van der Waals surface area contributed by atoms with Crippen molar-refractivity contribution in [1.82, 2.24) is 0 Å². The molecule has 0 unspecified atom stereocenters. The number of hydrazone groups is 1. The number of nitrogens with zero attached hydrogens (tertiary/aromatic N) is 3. The first-order valence-corrected chi connectivity index (χ1v) is 6.20. The highest BCUT2D eigenvalue weighted by atomic mass is 16.6. The van der Waals surface area contributed by atoms with Crippen molar-refractivity contribution >= 4 is 17.1 Å². The lowest BCUT2D eigenvalue weighted by molar-refractivity contribution is -0.384. The van der Waals surface area contributed by atoms with Crippen LogP contribution in [-0.4, -0.2) is 10.6 Å². The van der Waals surface area contributed by atoms with Gasteiger partial charge in [0.05, 0.1) is 10.6 Å². The van der Waals surface area contributed by atoms with Crippen LogP contribution in [0.1, 0.15) is 5.56 Å². The quantitative estimate of drug-likeness (QED) is 0.517. The molecule has 2 aromatic carbocycles. The first-order chi connectivity index (χ1) is 10.2. The van der Waals surface area contributed by atoms with Crippen LogP contribution < -0.4 is 5.43 Å². The van der Waals surface area contributed by atoms with E-state index in [-0.39, 0.29) is 5.69 Å². The van der Waals surface area contributed by atoms with Crippen molar-refractivity contribution in [2.24, 2.45) is 5.10 Å². The molecule has 0 spiro atoms. The van der Waals surface area contributed by atoms with Crippen molar-refractivity contribution in [2.45, 2.75) is 6.42 Å². The maximum Gasteiger partial charge on any atom is 0.269 e. The van der Waals surface area contributed by atoms with Gasteiger partial charge in [0.2, 0.25) is 0 Å². The van der Waals surface area contributed by atoms with E-state index < -0.39 is 4.92 Å². The van der Waals surface area contributed by atoms with E-state index in [2.05, 4.69) is 10.5 Å². The lowest BCUT2D eigenvalue weighted by atomic mass is 10.1. The summed E-state index contributed by atoms with van der Waals surface area (Å²) in [5, 5.41) is 23.6. The van der Waals surface area contributed by atoms with Crippen molar-refractivity contribution in [2.75, 3.05) is 5.43 Å². The fraction of sp³-hybridized carbons (Fsp3) is 0.0667. The molecule has 0 amide bonds. The molecule has 21 heavy (non-hydrogen) atoms. The Labute approximate surface area is 121 Å². The van der Waals surface area contributed by atoms with E-state index in [9.17, 15) is 10.1 Å². The zero-order chi connectivity index (χ0) is 15.1. The molecule has 0 saturated carbocycles. The fourth-order valence-electron chi connectivity index (χ4n) is 1.68. The zero-order valence-electron chi connectivity index (χ0n) is 11.1. The van der Waals surface area contributed by atoms with Crippen molar-refractivity contribution in [1.29, 1.82) is 5.26 Å². The van der Waals surface area contributed by atoms with Crippen LogP contribution in [0, 0.1) is 21.4 Å². The highest BCUT2D eigenvalue weighted by Gasteiger charge is 2.04. The van der Waals surface area contributed by atoms with Crippen molar-refractivity contribution < 1.29 is 4.92 Å². The Morgan fingerprint density at radius 3 is 2.43 bits per heavy atom. The maximum absolute atomic E-state index is 10.5. The van der Waals surface area contributed by atoms with Gasteiger partial charge in [-0.3, -0.25) is 15.5 Å². The Balaban J connectivity index is 2.04. The molecule has 2 rings (SSSR count). The monoisotopic (exact) mass is 280 g/mol. The van der Waals surface area contributed by atoms with E-state index in [4.69, 9.17) is 5.26 Å². The summed E-state index contributed by atoms with van der Waals surface area (Å²) < 4.78 is 0. The lowest BCUT2D eigenvalue weighted by Gasteiger charge is -2.02.